The number of H-pyrrole nitrogens is 1. The molecule has 0 aliphatic heterocycles. The standard InChI is InChI=1S/C30H33N7O2/c1-4-6-12-24-20-37(28-21(10-5-2)11-9-15-27(28)39-3)30(38)36(24)19-23-17-16-22(18-31-23)25-13-7-8-14-26(25)29-32-34-35-33-29/h7-9,11,13-18,20H,4-6,10,12,19H2,1-3H3,(H,32,33,34,35). The highest BCUT2D eigenvalue weighted by Gasteiger charge is 2.19. The molecule has 5 aromatic rings. The third-order valence-electron chi connectivity index (χ3n) is 6.88. The molecule has 5 rings (SSSR count). The van der Waals surface area contributed by atoms with Gasteiger partial charge in [0.25, 0.3) is 0 Å². The number of nitrogens with zero attached hydrogens (tertiary/aromatic N) is 6. The van der Waals surface area contributed by atoms with Crippen LogP contribution >= 0.6 is 0 Å². The highest BCUT2D eigenvalue weighted by molar-refractivity contribution is 5.79. The minimum atomic E-state index is -0.0868. The second-order valence-electron chi connectivity index (χ2n) is 9.50. The van der Waals surface area contributed by atoms with E-state index in [1.54, 1.807) is 11.7 Å². The lowest BCUT2D eigenvalue weighted by molar-refractivity contribution is 0.411. The number of ether oxygens (including phenoxy) is 1. The average molecular weight is 524 g/mol. The van der Waals surface area contributed by atoms with Gasteiger partial charge in [-0.1, -0.05) is 69.2 Å². The van der Waals surface area contributed by atoms with Crippen LogP contribution in [0.1, 0.15) is 50.1 Å². The zero-order valence-electron chi connectivity index (χ0n) is 22.6. The van der Waals surface area contributed by atoms with Crippen LogP contribution in [0.5, 0.6) is 5.75 Å². The Balaban J connectivity index is 1.51. The van der Waals surface area contributed by atoms with E-state index in [4.69, 9.17) is 9.72 Å². The molecule has 3 heterocycles. The second kappa shape index (κ2) is 11.9. The first-order chi connectivity index (χ1) is 19.1. The molecule has 2 aromatic carbocycles. The SMILES string of the molecule is CCCCc1cn(-c2c(CCC)cccc2OC)c(=O)n1Cc1ccc(-c2ccccc2-c2nn[nH]n2)cn1. The molecule has 0 radical (unpaired) electrons. The number of imidazole rings is 1. The van der Waals surface area contributed by atoms with Crippen molar-refractivity contribution in [2.45, 2.75) is 52.5 Å². The molecular formula is C30H33N7O2. The van der Waals surface area contributed by atoms with E-state index in [1.807, 2.05) is 65.5 Å². The predicted molar refractivity (Wildman–Crippen MR) is 151 cm³/mol. The van der Waals surface area contributed by atoms with Gasteiger partial charge >= 0.3 is 5.69 Å². The van der Waals surface area contributed by atoms with E-state index in [1.165, 1.54) is 0 Å². The maximum absolute atomic E-state index is 13.9. The van der Waals surface area contributed by atoms with Crippen molar-refractivity contribution >= 4 is 0 Å². The lowest BCUT2D eigenvalue weighted by Crippen LogP contribution is -2.26. The number of para-hydroxylation sites is 1. The Morgan fingerprint density at radius 1 is 0.949 bits per heavy atom. The smallest absolute Gasteiger partial charge is 0.333 e. The molecule has 3 aromatic heterocycles. The molecule has 0 amide bonds. The number of hydrogen-bond donors (Lipinski definition) is 1. The van der Waals surface area contributed by atoms with Crippen molar-refractivity contribution in [3.63, 3.8) is 0 Å². The van der Waals surface area contributed by atoms with Gasteiger partial charge in [0, 0.05) is 29.2 Å². The lowest BCUT2D eigenvalue weighted by Gasteiger charge is -2.13. The van der Waals surface area contributed by atoms with E-state index < -0.39 is 0 Å². The molecule has 9 heteroatoms. The normalized spacial score (nSPS) is 11.2. The molecule has 39 heavy (non-hydrogen) atoms. The van der Waals surface area contributed by atoms with Crippen molar-refractivity contribution in [3.8, 4) is 34.0 Å². The summed E-state index contributed by atoms with van der Waals surface area (Å²) in [5.74, 6) is 1.23. The Morgan fingerprint density at radius 3 is 2.49 bits per heavy atom. The Hall–Kier alpha value is -4.53. The summed E-state index contributed by atoms with van der Waals surface area (Å²) in [5.41, 5.74) is 6.40. The van der Waals surface area contributed by atoms with Gasteiger partial charge in [0.2, 0.25) is 5.82 Å². The van der Waals surface area contributed by atoms with Crippen molar-refractivity contribution in [3.05, 3.63) is 94.4 Å². The molecular weight excluding hydrogens is 490 g/mol. The fraction of sp³-hybridized carbons (Fsp3) is 0.300. The van der Waals surface area contributed by atoms with Crippen LogP contribution in [0.15, 0.2) is 71.8 Å². The van der Waals surface area contributed by atoms with Crippen LogP contribution in [0, 0.1) is 0 Å². The Bertz CT molecular complexity index is 1580. The van der Waals surface area contributed by atoms with E-state index in [0.717, 1.165) is 71.4 Å². The summed E-state index contributed by atoms with van der Waals surface area (Å²) >= 11 is 0. The first-order valence-corrected chi connectivity index (χ1v) is 13.4. The number of tetrazole rings is 1. The van der Waals surface area contributed by atoms with Crippen molar-refractivity contribution < 1.29 is 4.74 Å². The molecule has 0 atom stereocenters. The van der Waals surface area contributed by atoms with E-state index >= 15 is 0 Å². The zero-order chi connectivity index (χ0) is 27.2. The van der Waals surface area contributed by atoms with Gasteiger partial charge in [-0.2, -0.15) is 5.21 Å². The summed E-state index contributed by atoms with van der Waals surface area (Å²) in [5, 5.41) is 14.5. The lowest BCUT2D eigenvalue weighted by atomic mass is 10.0. The van der Waals surface area contributed by atoms with Crippen LogP contribution in [-0.2, 0) is 19.4 Å². The number of pyridine rings is 1. The number of methoxy groups -OCH3 is 1. The van der Waals surface area contributed by atoms with Gasteiger partial charge in [-0.25, -0.2) is 4.79 Å². The van der Waals surface area contributed by atoms with Crippen LogP contribution in [0.4, 0.5) is 0 Å². The number of aryl methyl sites for hydroxylation is 2. The molecule has 0 unspecified atom stereocenters. The third kappa shape index (κ3) is 5.38. The van der Waals surface area contributed by atoms with Crippen molar-refractivity contribution in [1.29, 1.82) is 0 Å². The fourth-order valence-corrected chi connectivity index (χ4v) is 4.94. The van der Waals surface area contributed by atoms with Gasteiger partial charge < -0.3 is 4.74 Å². The largest absolute Gasteiger partial charge is 0.495 e. The van der Waals surface area contributed by atoms with Gasteiger partial charge in [-0.15, -0.1) is 10.2 Å². The maximum Gasteiger partial charge on any atom is 0.333 e. The molecule has 9 nitrogen and oxygen atoms in total. The van der Waals surface area contributed by atoms with Gasteiger partial charge in [-0.05, 0) is 47.7 Å². The van der Waals surface area contributed by atoms with E-state index in [0.29, 0.717) is 18.1 Å². The van der Waals surface area contributed by atoms with Crippen LogP contribution in [0.3, 0.4) is 0 Å². The number of aromatic nitrogens is 7. The molecule has 200 valence electrons. The number of nitrogens with one attached hydrogen (secondary N) is 1. The fourth-order valence-electron chi connectivity index (χ4n) is 4.94. The summed E-state index contributed by atoms with van der Waals surface area (Å²) in [4.78, 5) is 18.6. The number of aromatic amines is 1. The van der Waals surface area contributed by atoms with Crippen molar-refractivity contribution in [1.82, 2.24) is 34.7 Å². The highest BCUT2D eigenvalue weighted by atomic mass is 16.5. The number of benzene rings is 2. The van der Waals surface area contributed by atoms with Crippen LogP contribution in [0.2, 0.25) is 0 Å². The average Bonchev–Trinajstić information content (AvgIpc) is 3.61. The summed E-state index contributed by atoms with van der Waals surface area (Å²) < 4.78 is 9.28. The topological polar surface area (TPSA) is 104 Å². The van der Waals surface area contributed by atoms with Gasteiger partial charge in [-0.3, -0.25) is 14.1 Å². The molecule has 0 spiro atoms. The quantitative estimate of drug-likeness (QED) is 0.254. The number of hydrogen-bond acceptors (Lipinski definition) is 6. The molecule has 0 aliphatic rings. The highest BCUT2D eigenvalue weighted by Crippen LogP contribution is 2.30. The summed E-state index contributed by atoms with van der Waals surface area (Å²) in [7, 11) is 1.65. The minimum Gasteiger partial charge on any atom is -0.495 e. The summed E-state index contributed by atoms with van der Waals surface area (Å²) in [6.45, 7) is 4.68. The van der Waals surface area contributed by atoms with Crippen molar-refractivity contribution in [2.24, 2.45) is 0 Å². The Kier molecular flexibility index (Phi) is 7.96. The van der Waals surface area contributed by atoms with Crippen LogP contribution < -0.4 is 10.4 Å². The maximum atomic E-state index is 13.9. The zero-order valence-corrected chi connectivity index (χ0v) is 22.6. The number of rotatable bonds is 11. The third-order valence-corrected chi connectivity index (χ3v) is 6.88. The Labute approximate surface area is 227 Å². The van der Waals surface area contributed by atoms with Crippen molar-refractivity contribution in [2.75, 3.05) is 7.11 Å². The molecule has 0 aliphatic carbocycles. The molecule has 0 saturated carbocycles. The predicted octanol–water partition coefficient (Wildman–Crippen LogP) is 5.23. The summed E-state index contributed by atoms with van der Waals surface area (Å²) in [6, 6.07) is 17.9. The molecule has 0 saturated heterocycles. The van der Waals surface area contributed by atoms with E-state index in [2.05, 4.69) is 40.5 Å². The van der Waals surface area contributed by atoms with Gasteiger partial charge in [0.15, 0.2) is 0 Å². The van der Waals surface area contributed by atoms with Crippen LogP contribution in [0.25, 0.3) is 28.2 Å². The first kappa shape index (κ1) is 26.1. The minimum absolute atomic E-state index is 0.0868. The number of unbranched alkanes of at least 4 members (excludes halogenated alkanes) is 1. The molecule has 0 fully saturated rings. The van der Waals surface area contributed by atoms with Crippen LogP contribution in [-0.4, -0.2) is 41.9 Å². The van der Waals surface area contributed by atoms with E-state index in [9.17, 15) is 4.79 Å². The second-order valence-corrected chi connectivity index (χ2v) is 9.50. The summed E-state index contributed by atoms with van der Waals surface area (Å²) in [6.07, 6.45) is 8.50. The first-order valence-electron chi connectivity index (χ1n) is 13.4. The Morgan fingerprint density at radius 2 is 1.79 bits per heavy atom. The monoisotopic (exact) mass is 523 g/mol. The van der Waals surface area contributed by atoms with E-state index in [-0.39, 0.29) is 5.69 Å². The van der Waals surface area contributed by atoms with Gasteiger partial charge in [0.1, 0.15) is 5.75 Å². The van der Waals surface area contributed by atoms with Gasteiger partial charge in [0.05, 0.1) is 25.0 Å². The molecule has 0 bridgehead atoms. The molecule has 1 N–H and O–H groups in total.